The molecule has 2 aliphatic heterocycles. The molecule has 0 unspecified atom stereocenters. The van der Waals surface area contributed by atoms with E-state index in [1.54, 1.807) is 4.90 Å². The maximum Gasteiger partial charge on any atom is 0.408 e. The first-order valence-corrected chi connectivity index (χ1v) is 7.55. The van der Waals surface area contributed by atoms with Crippen LogP contribution in [-0.2, 0) is 0 Å². The topological polar surface area (TPSA) is 81.8 Å². The van der Waals surface area contributed by atoms with Gasteiger partial charge in [0.25, 0.3) is 0 Å². The third kappa shape index (κ3) is 5.03. The molecule has 0 saturated carbocycles. The molecule has 0 radical (unpaired) electrons. The molecule has 2 heterocycles. The van der Waals surface area contributed by atoms with Gasteiger partial charge in [0.15, 0.2) is 0 Å². The van der Waals surface area contributed by atoms with Crippen LogP contribution in [0.2, 0.25) is 0 Å². The third-order valence-corrected chi connectivity index (χ3v) is 3.86. The standard InChI is InChI=1S/C8H16N2O2.C6H12F2N2/c1-8(2,3)10(7(11)12)6-4-9-5-6;7-1-6(2-8)10-3-5(9)4-10/h6,9H,4-5H2,1-3H3,(H,11,12);5-6H,1-4,9H2. The number of likely N-dealkylation sites (tertiary alicyclic amines) is 1. The van der Waals surface area contributed by atoms with Crippen molar-refractivity contribution in [1.82, 2.24) is 15.1 Å². The maximum atomic E-state index is 11.9. The lowest BCUT2D eigenvalue weighted by molar-refractivity contribution is 0.0517. The van der Waals surface area contributed by atoms with E-state index in [1.165, 1.54) is 4.90 Å². The molecule has 4 N–H and O–H groups in total. The average Bonchev–Trinajstić information content (AvgIpc) is 2.31. The van der Waals surface area contributed by atoms with E-state index in [2.05, 4.69) is 5.32 Å². The molecule has 22 heavy (non-hydrogen) atoms. The Hall–Kier alpha value is -0.990. The van der Waals surface area contributed by atoms with Crippen molar-refractivity contribution < 1.29 is 18.7 Å². The lowest BCUT2D eigenvalue weighted by Crippen LogP contribution is -2.63. The number of nitrogens with one attached hydrogen (secondary N) is 1. The largest absolute Gasteiger partial charge is 0.465 e. The number of rotatable bonds is 4. The van der Waals surface area contributed by atoms with Crippen molar-refractivity contribution in [3.05, 3.63) is 0 Å². The van der Waals surface area contributed by atoms with Crippen molar-refractivity contribution in [3.8, 4) is 0 Å². The van der Waals surface area contributed by atoms with Gasteiger partial charge in [-0.2, -0.15) is 0 Å². The highest BCUT2D eigenvalue weighted by molar-refractivity contribution is 5.66. The summed E-state index contributed by atoms with van der Waals surface area (Å²) in [5, 5.41) is 12.0. The van der Waals surface area contributed by atoms with E-state index >= 15 is 0 Å². The highest BCUT2D eigenvalue weighted by Crippen LogP contribution is 2.19. The summed E-state index contributed by atoms with van der Waals surface area (Å²) in [5.41, 5.74) is 5.14. The van der Waals surface area contributed by atoms with Gasteiger partial charge in [-0.25, -0.2) is 13.6 Å². The predicted octanol–water partition coefficient (Wildman–Crippen LogP) is 0.674. The Balaban J connectivity index is 0.000000224. The summed E-state index contributed by atoms with van der Waals surface area (Å²) < 4.78 is 23.9. The second kappa shape index (κ2) is 8.03. The quantitative estimate of drug-likeness (QED) is 0.709. The van der Waals surface area contributed by atoms with E-state index in [0.29, 0.717) is 13.1 Å². The molecule has 0 spiro atoms. The van der Waals surface area contributed by atoms with E-state index in [1.807, 2.05) is 20.8 Å². The molecule has 0 atom stereocenters. The lowest BCUT2D eigenvalue weighted by Gasteiger charge is -2.44. The number of halogens is 2. The fourth-order valence-corrected chi connectivity index (χ4v) is 2.53. The highest BCUT2D eigenvalue weighted by Gasteiger charge is 2.36. The summed E-state index contributed by atoms with van der Waals surface area (Å²) in [7, 11) is 0. The van der Waals surface area contributed by atoms with E-state index in [-0.39, 0.29) is 17.6 Å². The molecule has 2 aliphatic rings. The third-order valence-electron chi connectivity index (χ3n) is 3.86. The van der Waals surface area contributed by atoms with Gasteiger partial charge in [0, 0.05) is 37.8 Å². The number of amides is 1. The Bertz CT molecular complexity index is 351. The Morgan fingerprint density at radius 2 is 1.86 bits per heavy atom. The minimum absolute atomic E-state index is 0.126. The highest BCUT2D eigenvalue weighted by atomic mass is 19.1. The Labute approximate surface area is 130 Å². The summed E-state index contributed by atoms with van der Waals surface area (Å²) in [6, 6.07) is -0.261. The molecule has 130 valence electrons. The van der Waals surface area contributed by atoms with Gasteiger partial charge < -0.3 is 16.2 Å². The van der Waals surface area contributed by atoms with Crippen molar-refractivity contribution in [2.45, 2.75) is 44.4 Å². The molecule has 2 rings (SSSR count). The Morgan fingerprint density at radius 1 is 1.36 bits per heavy atom. The molecule has 1 amide bonds. The summed E-state index contributed by atoms with van der Waals surface area (Å²) in [6.07, 6.45) is -0.825. The number of carboxylic acid groups (broad SMARTS) is 1. The van der Waals surface area contributed by atoms with Gasteiger partial charge in [-0.3, -0.25) is 9.80 Å². The number of hydrogen-bond donors (Lipinski definition) is 3. The van der Waals surface area contributed by atoms with Crippen LogP contribution >= 0.6 is 0 Å². The summed E-state index contributed by atoms with van der Waals surface area (Å²) in [5.74, 6) is 0. The van der Waals surface area contributed by atoms with Crippen LogP contribution in [0.5, 0.6) is 0 Å². The van der Waals surface area contributed by atoms with Crippen molar-refractivity contribution >= 4 is 6.09 Å². The van der Waals surface area contributed by atoms with E-state index in [0.717, 1.165) is 13.1 Å². The SMILES string of the molecule is CC(C)(C)N(C(=O)O)C1CNC1.NC1CN(C(CF)CF)C1. The fraction of sp³-hybridized carbons (Fsp3) is 0.929. The van der Waals surface area contributed by atoms with Crippen molar-refractivity contribution in [2.24, 2.45) is 5.73 Å². The monoisotopic (exact) mass is 322 g/mol. The molecule has 6 nitrogen and oxygen atoms in total. The van der Waals surface area contributed by atoms with Gasteiger partial charge >= 0.3 is 6.09 Å². The van der Waals surface area contributed by atoms with Crippen molar-refractivity contribution in [3.63, 3.8) is 0 Å². The molecular formula is C14H28F2N4O2. The van der Waals surface area contributed by atoms with Gasteiger partial charge in [0.2, 0.25) is 0 Å². The molecule has 2 fully saturated rings. The van der Waals surface area contributed by atoms with Crippen LogP contribution in [0.3, 0.4) is 0 Å². The first-order chi connectivity index (χ1) is 10.2. The van der Waals surface area contributed by atoms with Crippen molar-refractivity contribution in [2.75, 3.05) is 39.5 Å². The fourth-order valence-electron chi connectivity index (χ4n) is 2.53. The Morgan fingerprint density at radius 3 is 2.05 bits per heavy atom. The van der Waals surface area contributed by atoms with Crippen LogP contribution in [-0.4, -0.2) is 84.2 Å². The zero-order valence-corrected chi connectivity index (χ0v) is 13.6. The Kier molecular flexibility index (Phi) is 6.96. The number of nitrogens with zero attached hydrogens (tertiary/aromatic N) is 2. The zero-order chi connectivity index (χ0) is 16.9. The van der Waals surface area contributed by atoms with Gasteiger partial charge in [0.05, 0.1) is 12.1 Å². The van der Waals surface area contributed by atoms with Gasteiger partial charge in [0.1, 0.15) is 13.3 Å². The van der Waals surface area contributed by atoms with Crippen LogP contribution < -0.4 is 11.1 Å². The molecule has 2 saturated heterocycles. The van der Waals surface area contributed by atoms with Crippen LogP contribution in [0.15, 0.2) is 0 Å². The smallest absolute Gasteiger partial charge is 0.408 e. The van der Waals surface area contributed by atoms with Crippen LogP contribution in [0.1, 0.15) is 20.8 Å². The zero-order valence-electron chi connectivity index (χ0n) is 13.6. The first kappa shape index (κ1) is 19.1. The molecule has 8 heteroatoms. The normalized spacial score (nSPS) is 20.0. The number of nitrogens with two attached hydrogens (primary N) is 1. The molecule has 0 aliphatic carbocycles. The van der Waals surface area contributed by atoms with Gasteiger partial charge in [-0.1, -0.05) is 0 Å². The number of carbonyl (C=O) groups is 1. The van der Waals surface area contributed by atoms with E-state index in [9.17, 15) is 13.6 Å². The minimum Gasteiger partial charge on any atom is -0.465 e. The van der Waals surface area contributed by atoms with Crippen LogP contribution in [0, 0.1) is 0 Å². The van der Waals surface area contributed by atoms with E-state index < -0.39 is 25.5 Å². The van der Waals surface area contributed by atoms with E-state index in [4.69, 9.17) is 10.8 Å². The predicted molar refractivity (Wildman–Crippen MR) is 81.6 cm³/mol. The van der Waals surface area contributed by atoms with Crippen LogP contribution in [0.4, 0.5) is 13.6 Å². The number of alkyl halides is 2. The average molecular weight is 322 g/mol. The molecule has 0 aromatic heterocycles. The van der Waals surface area contributed by atoms with Gasteiger partial charge in [-0.05, 0) is 20.8 Å². The molecule has 0 aromatic rings. The number of hydrogen-bond acceptors (Lipinski definition) is 4. The summed E-state index contributed by atoms with van der Waals surface area (Å²) >= 11 is 0. The molecule has 0 bridgehead atoms. The maximum absolute atomic E-state index is 11.9. The minimum atomic E-state index is -0.825. The first-order valence-electron chi connectivity index (χ1n) is 7.55. The molecular weight excluding hydrogens is 294 g/mol. The van der Waals surface area contributed by atoms with Crippen LogP contribution in [0.25, 0.3) is 0 Å². The van der Waals surface area contributed by atoms with Crippen molar-refractivity contribution in [1.29, 1.82) is 0 Å². The lowest BCUT2D eigenvalue weighted by atomic mass is 10.0. The summed E-state index contributed by atoms with van der Waals surface area (Å²) in [4.78, 5) is 14.1. The second-order valence-electron chi connectivity index (χ2n) is 6.81. The summed E-state index contributed by atoms with van der Waals surface area (Å²) in [6.45, 7) is 7.37. The second-order valence-corrected chi connectivity index (χ2v) is 6.81. The molecule has 0 aromatic carbocycles. The van der Waals surface area contributed by atoms with Gasteiger partial charge in [-0.15, -0.1) is 0 Å².